The second-order valence-electron chi connectivity index (χ2n) is 3.39. The lowest BCUT2D eigenvalue weighted by Gasteiger charge is -2.02. The highest BCUT2D eigenvalue weighted by Crippen LogP contribution is 2.09. The number of rotatable bonds is 7. The molecule has 7 heteroatoms. The number of amides is 1. The first-order chi connectivity index (χ1) is 8.13. The Balaban J connectivity index is 2.26. The predicted octanol–water partition coefficient (Wildman–Crippen LogP) is 0.110. The van der Waals surface area contributed by atoms with Gasteiger partial charge in [0.05, 0.1) is 5.01 Å². The van der Waals surface area contributed by atoms with Crippen LogP contribution in [0.3, 0.4) is 0 Å². The molecule has 0 aliphatic heterocycles. The van der Waals surface area contributed by atoms with Gasteiger partial charge >= 0.3 is 5.97 Å². The van der Waals surface area contributed by atoms with E-state index >= 15 is 0 Å². The van der Waals surface area contributed by atoms with Gasteiger partial charge in [-0.3, -0.25) is 4.79 Å². The van der Waals surface area contributed by atoms with Crippen molar-refractivity contribution < 1.29 is 14.7 Å². The third kappa shape index (κ3) is 4.92. The fourth-order valence-electron chi connectivity index (χ4n) is 1.16. The van der Waals surface area contributed by atoms with E-state index in [0.717, 1.165) is 5.01 Å². The van der Waals surface area contributed by atoms with Gasteiger partial charge < -0.3 is 15.7 Å². The number of aromatic carboxylic acids is 1. The molecular formula is C10H15N3O3S. The molecule has 0 radical (unpaired) electrons. The van der Waals surface area contributed by atoms with Crippen LogP contribution < -0.4 is 10.6 Å². The molecule has 0 atom stereocenters. The molecule has 17 heavy (non-hydrogen) atoms. The van der Waals surface area contributed by atoms with Gasteiger partial charge in [0.15, 0.2) is 5.69 Å². The van der Waals surface area contributed by atoms with Crippen molar-refractivity contribution in [3.8, 4) is 0 Å². The van der Waals surface area contributed by atoms with E-state index in [2.05, 4.69) is 15.6 Å². The van der Waals surface area contributed by atoms with Crippen LogP contribution in [-0.2, 0) is 11.2 Å². The van der Waals surface area contributed by atoms with Gasteiger partial charge in [0, 0.05) is 31.3 Å². The summed E-state index contributed by atoms with van der Waals surface area (Å²) in [6, 6.07) is 0. The van der Waals surface area contributed by atoms with E-state index in [4.69, 9.17) is 5.11 Å². The number of nitrogens with zero attached hydrogens (tertiary/aromatic N) is 1. The first-order valence-corrected chi connectivity index (χ1v) is 6.10. The van der Waals surface area contributed by atoms with Crippen LogP contribution in [0.4, 0.5) is 0 Å². The maximum Gasteiger partial charge on any atom is 0.355 e. The minimum absolute atomic E-state index is 0.0191. The van der Waals surface area contributed by atoms with Crippen molar-refractivity contribution in [2.75, 3.05) is 20.1 Å². The number of hydrogen-bond acceptors (Lipinski definition) is 5. The summed E-state index contributed by atoms with van der Waals surface area (Å²) in [5, 5.41) is 16.5. The SMILES string of the molecule is CNCCC(=O)NCCc1nc(C(=O)O)cs1. The molecule has 1 rings (SSSR count). The van der Waals surface area contributed by atoms with Crippen LogP contribution in [0.15, 0.2) is 5.38 Å². The zero-order valence-electron chi connectivity index (χ0n) is 9.52. The lowest BCUT2D eigenvalue weighted by Crippen LogP contribution is -2.28. The molecule has 0 fully saturated rings. The topological polar surface area (TPSA) is 91.3 Å². The molecule has 0 unspecified atom stereocenters. The van der Waals surface area contributed by atoms with Crippen LogP contribution in [0.25, 0.3) is 0 Å². The summed E-state index contributed by atoms with van der Waals surface area (Å²) in [6.45, 7) is 1.13. The van der Waals surface area contributed by atoms with E-state index < -0.39 is 5.97 Å². The Morgan fingerprint density at radius 3 is 2.82 bits per heavy atom. The first kappa shape index (κ1) is 13.6. The van der Waals surface area contributed by atoms with Gasteiger partial charge in [-0.25, -0.2) is 9.78 Å². The van der Waals surface area contributed by atoms with Crippen LogP contribution in [0.2, 0.25) is 0 Å². The molecule has 1 heterocycles. The molecule has 0 spiro atoms. The van der Waals surface area contributed by atoms with Crippen molar-refractivity contribution in [1.82, 2.24) is 15.6 Å². The number of nitrogens with one attached hydrogen (secondary N) is 2. The van der Waals surface area contributed by atoms with E-state index in [9.17, 15) is 9.59 Å². The quantitative estimate of drug-likeness (QED) is 0.645. The molecule has 0 bridgehead atoms. The largest absolute Gasteiger partial charge is 0.476 e. The van der Waals surface area contributed by atoms with Crippen LogP contribution in [-0.4, -0.2) is 42.1 Å². The Labute approximate surface area is 103 Å². The van der Waals surface area contributed by atoms with E-state index in [-0.39, 0.29) is 11.6 Å². The Morgan fingerprint density at radius 2 is 2.24 bits per heavy atom. The van der Waals surface area contributed by atoms with Crippen molar-refractivity contribution in [2.45, 2.75) is 12.8 Å². The standard InChI is InChI=1S/C10H15N3O3S/c1-11-4-2-8(14)12-5-3-9-13-7(6-17-9)10(15)16/h6,11H,2-5H2,1H3,(H,12,14)(H,15,16). The summed E-state index contributed by atoms with van der Waals surface area (Å²) in [5.41, 5.74) is 0.0616. The number of carboxylic acids is 1. The molecule has 0 saturated heterocycles. The average molecular weight is 257 g/mol. The van der Waals surface area contributed by atoms with E-state index in [0.29, 0.717) is 25.9 Å². The summed E-state index contributed by atoms with van der Waals surface area (Å²) >= 11 is 1.29. The van der Waals surface area contributed by atoms with Gasteiger partial charge in [-0.1, -0.05) is 0 Å². The highest BCUT2D eigenvalue weighted by Gasteiger charge is 2.08. The molecule has 0 aliphatic rings. The second-order valence-corrected chi connectivity index (χ2v) is 4.33. The molecule has 1 aromatic rings. The van der Waals surface area contributed by atoms with Gasteiger partial charge in [-0.05, 0) is 7.05 Å². The van der Waals surface area contributed by atoms with Crippen LogP contribution in [0.5, 0.6) is 0 Å². The summed E-state index contributed by atoms with van der Waals surface area (Å²) < 4.78 is 0. The number of carbonyl (C=O) groups is 2. The summed E-state index contributed by atoms with van der Waals surface area (Å²) in [7, 11) is 1.79. The zero-order valence-corrected chi connectivity index (χ0v) is 10.3. The summed E-state index contributed by atoms with van der Waals surface area (Å²) in [4.78, 5) is 25.7. The maximum atomic E-state index is 11.2. The maximum absolute atomic E-state index is 11.2. The lowest BCUT2D eigenvalue weighted by atomic mass is 10.3. The zero-order chi connectivity index (χ0) is 12.7. The summed E-state index contributed by atoms with van der Waals surface area (Å²) in [5.74, 6) is -1.04. The third-order valence-corrected chi connectivity index (χ3v) is 2.94. The highest BCUT2D eigenvalue weighted by molar-refractivity contribution is 7.09. The number of carbonyl (C=O) groups excluding carboxylic acids is 1. The van der Waals surface area contributed by atoms with Crippen molar-refractivity contribution in [1.29, 1.82) is 0 Å². The van der Waals surface area contributed by atoms with Gasteiger partial charge in [0.2, 0.25) is 5.91 Å². The van der Waals surface area contributed by atoms with Gasteiger partial charge in [0.25, 0.3) is 0 Å². The minimum atomic E-state index is -1.02. The summed E-state index contributed by atoms with van der Waals surface area (Å²) in [6.07, 6.45) is 0.998. The fourth-order valence-corrected chi connectivity index (χ4v) is 1.93. The van der Waals surface area contributed by atoms with Crippen molar-refractivity contribution in [3.63, 3.8) is 0 Å². The Morgan fingerprint density at radius 1 is 1.47 bits per heavy atom. The predicted molar refractivity (Wildman–Crippen MR) is 64.3 cm³/mol. The molecule has 0 aromatic carbocycles. The monoisotopic (exact) mass is 257 g/mol. The van der Waals surface area contributed by atoms with Crippen molar-refractivity contribution >= 4 is 23.2 Å². The number of carboxylic acid groups (broad SMARTS) is 1. The molecule has 0 aliphatic carbocycles. The average Bonchev–Trinajstić information content (AvgIpc) is 2.75. The molecular weight excluding hydrogens is 242 g/mol. The van der Waals surface area contributed by atoms with Gasteiger partial charge in [-0.2, -0.15) is 0 Å². The van der Waals surface area contributed by atoms with Crippen molar-refractivity contribution in [3.05, 3.63) is 16.1 Å². The van der Waals surface area contributed by atoms with E-state index in [1.54, 1.807) is 7.05 Å². The Kier molecular flexibility index (Phi) is 5.58. The number of aromatic nitrogens is 1. The molecule has 3 N–H and O–H groups in total. The van der Waals surface area contributed by atoms with E-state index in [1.165, 1.54) is 16.7 Å². The molecule has 1 amide bonds. The number of hydrogen-bond donors (Lipinski definition) is 3. The van der Waals surface area contributed by atoms with Crippen molar-refractivity contribution in [2.24, 2.45) is 0 Å². The van der Waals surface area contributed by atoms with Crippen LogP contribution in [0, 0.1) is 0 Å². The Hall–Kier alpha value is -1.47. The second kappa shape index (κ2) is 6.97. The van der Waals surface area contributed by atoms with Crippen LogP contribution in [0.1, 0.15) is 21.9 Å². The first-order valence-electron chi connectivity index (χ1n) is 5.22. The smallest absolute Gasteiger partial charge is 0.355 e. The van der Waals surface area contributed by atoms with Gasteiger partial charge in [0.1, 0.15) is 0 Å². The number of thiazole rings is 1. The molecule has 1 aromatic heterocycles. The normalized spacial score (nSPS) is 10.2. The Bertz CT molecular complexity index is 392. The highest BCUT2D eigenvalue weighted by atomic mass is 32.1. The van der Waals surface area contributed by atoms with E-state index in [1.807, 2.05) is 0 Å². The lowest BCUT2D eigenvalue weighted by molar-refractivity contribution is -0.120. The molecule has 0 saturated carbocycles. The fraction of sp³-hybridized carbons (Fsp3) is 0.500. The van der Waals surface area contributed by atoms with Gasteiger partial charge in [-0.15, -0.1) is 11.3 Å². The minimum Gasteiger partial charge on any atom is -0.476 e. The van der Waals surface area contributed by atoms with Crippen LogP contribution >= 0.6 is 11.3 Å². The third-order valence-electron chi connectivity index (χ3n) is 2.03. The molecule has 94 valence electrons. The molecule has 6 nitrogen and oxygen atoms in total.